The number of aliphatic hydroxyl groups is 2. The third-order valence-corrected chi connectivity index (χ3v) is 13.9. The van der Waals surface area contributed by atoms with Gasteiger partial charge in [0.15, 0.2) is 0 Å². The standard InChI is InChI=1S/C71H121NO3/c1-3-5-7-9-11-13-15-17-19-21-23-25-27-29-31-32-33-34-35-36-37-38-39-40-41-43-45-47-49-51-53-55-57-59-61-63-65-67-71(75)72-69(68-73)70(74)66-64-62-60-58-56-54-52-50-48-46-44-42-30-28-26-24-22-20-18-16-14-12-10-8-6-4-2/h5,7,11,13,17,19,23,25,29,31,33-34,36-37,39-40,43,45,56,58,64,66,69-70,73-74H,3-4,6,8-10,12,14-16,18,20-22,24,26-28,30,32,35,38,41-42,44,46-55,57,59-63,65,67-68H2,1-2H3,(H,72,75)/b7-5-,13-11-,19-17-,25-23-,31-29-,34-33-,37-36-,40-39-,45-43-,58-56+,66-64+. The van der Waals surface area contributed by atoms with E-state index < -0.39 is 12.1 Å². The van der Waals surface area contributed by atoms with Gasteiger partial charge >= 0.3 is 0 Å². The van der Waals surface area contributed by atoms with Gasteiger partial charge in [-0.3, -0.25) is 4.79 Å². The van der Waals surface area contributed by atoms with Crippen molar-refractivity contribution in [3.63, 3.8) is 0 Å². The quantitative estimate of drug-likeness (QED) is 0.0420. The second-order valence-electron chi connectivity index (χ2n) is 21.1. The Morgan fingerprint density at radius 3 is 0.933 bits per heavy atom. The third-order valence-electron chi connectivity index (χ3n) is 13.9. The molecule has 0 radical (unpaired) electrons. The molecule has 0 spiro atoms. The number of nitrogens with one attached hydrogen (secondary N) is 1. The Labute approximate surface area is 466 Å². The first kappa shape index (κ1) is 71.5. The van der Waals surface area contributed by atoms with Crippen LogP contribution in [0.5, 0.6) is 0 Å². The summed E-state index contributed by atoms with van der Waals surface area (Å²) in [6, 6.07) is -0.653. The lowest BCUT2D eigenvalue weighted by Crippen LogP contribution is -2.45. The zero-order valence-electron chi connectivity index (χ0n) is 49.3. The molecule has 3 N–H and O–H groups in total. The van der Waals surface area contributed by atoms with Gasteiger partial charge in [0.2, 0.25) is 5.91 Å². The third kappa shape index (κ3) is 61.3. The Bertz CT molecular complexity index is 1500. The van der Waals surface area contributed by atoms with E-state index in [9.17, 15) is 15.0 Å². The van der Waals surface area contributed by atoms with Crippen LogP contribution < -0.4 is 5.32 Å². The minimum Gasteiger partial charge on any atom is -0.394 e. The van der Waals surface area contributed by atoms with Crippen molar-refractivity contribution in [2.75, 3.05) is 6.61 Å². The number of carbonyl (C=O) groups is 1. The Morgan fingerprint density at radius 1 is 0.333 bits per heavy atom. The van der Waals surface area contributed by atoms with Crippen molar-refractivity contribution in [1.82, 2.24) is 5.32 Å². The predicted molar refractivity (Wildman–Crippen MR) is 335 cm³/mol. The van der Waals surface area contributed by atoms with Crippen LogP contribution in [0.3, 0.4) is 0 Å². The molecule has 0 aliphatic heterocycles. The fourth-order valence-electron chi connectivity index (χ4n) is 9.07. The SMILES string of the molecule is CC/C=C\C/C=C\C/C=C\C/C=C\C/C=C\C/C=C\C/C=C\C/C=C\C/C=C\CCCCCCCCCCCC(=O)NC(CO)C(O)/C=C/CC/C=C/CCCCCCCCCCCCCCCCCCCCCC. The van der Waals surface area contributed by atoms with Crippen LogP contribution in [0.4, 0.5) is 0 Å². The Morgan fingerprint density at radius 2 is 0.600 bits per heavy atom. The lowest BCUT2D eigenvalue weighted by Gasteiger charge is -2.19. The summed E-state index contributed by atoms with van der Waals surface area (Å²) in [6.07, 6.45) is 101. The second kappa shape index (κ2) is 64.8. The molecule has 4 heteroatoms. The number of aliphatic hydroxyl groups excluding tert-OH is 2. The molecule has 0 aromatic heterocycles. The monoisotopic (exact) mass is 1040 g/mol. The first-order valence-corrected chi connectivity index (χ1v) is 31.9. The summed E-state index contributed by atoms with van der Waals surface area (Å²) in [6.45, 7) is 4.19. The molecular weight excluding hydrogens is 915 g/mol. The van der Waals surface area contributed by atoms with Gasteiger partial charge in [0, 0.05) is 6.42 Å². The molecule has 4 nitrogen and oxygen atoms in total. The molecule has 75 heavy (non-hydrogen) atoms. The van der Waals surface area contributed by atoms with Crippen LogP contribution in [0.1, 0.15) is 290 Å². The molecule has 1 amide bonds. The molecule has 0 aromatic carbocycles. The summed E-state index contributed by atoms with van der Waals surface area (Å²) in [4.78, 5) is 12.5. The molecule has 428 valence electrons. The number of amides is 1. The minimum absolute atomic E-state index is 0.0832. The van der Waals surface area contributed by atoms with Crippen LogP contribution in [0.15, 0.2) is 134 Å². The fraction of sp³-hybridized carbons (Fsp3) is 0.676. The fourth-order valence-corrected chi connectivity index (χ4v) is 9.07. The van der Waals surface area contributed by atoms with Gasteiger partial charge < -0.3 is 15.5 Å². The molecule has 2 unspecified atom stereocenters. The van der Waals surface area contributed by atoms with Gasteiger partial charge in [-0.05, 0) is 103 Å². The van der Waals surface area contributed by atoms with Gasteiger partial charge in [-0.2, -0.15) is 0 Å². The van der Waals surface area contributed by atoms with E-state index in [4.69, 9.17) is 0 Å². The molecule has 0 aliphatic rings. The van der Waals surface area contributed by atoms with Gasteiger partial charge in [0.1, 0.15) is 0 Å². The summed E-state index contributed by atoms with van der Waals surface area (Å²) in [7, 11) is 0. The van der Waals surface area contributed by atoms with Crippen LogP contribution >= 0.6 is 0 Å². The normalized spacial score (nSPS) is 13.7. The number of allylic oxidation sites excluding steroid dienone is 21. The zero-order valence-corrected chi connectivity index (χ0v) is 49.3. The van der Waals surface area contributed by atoms with Gasteiger partial charge in [-0.25, -0.2) is 0 Å². The molecule has 0 heterocycles. The van der Waals surface area contributed by atoms with Crippen LogP contribution in [0, 0.1) is 0 Å². The summed E-state index contributed by atoms with van der Waals surface area (Å²) >= 11 is 0. The number of unbranched alkanes of at least 4 members (excludes halogenated alkanes) is 30. The van der Waals surface area contributed by atoms with Crippen molar-refractivity contribution in [1.29, 1.82) is 0 Å². The summed E-state index contributed by atoms with van der Waals surface area (Å²) < 4.78 is 0. The minimum atomic E-state index is -0.875. The summed E-state index contributed by atoms with van der Waals surface area (Å²) in [5, 5.41) is 23.2. The Kier molecular flexibility index (Phi) is 61.8. The largest absolute Gasteiger partial charge is 0.394 e. The van der Waals surface area contributed by atoms with Gasteiger partial charge in [0.05, 0.1) is 18.8 Å². The molecule has 0 aliphatic carbocycles. The highest BCUT2D eigenvalue weighted by Crippen LogP contribution is 2.16. The van der Waals surface area contributed by atoms with E-state index in [0.29, 0.717) is 6.42 Å². The molecule has 0 aromatic rings. The maximum absolute atomic E-state index is 12.5. The van der Waals surface area contributed by atoms with Crippen molar-refractivity contribution >= 4 is 5.91 Å². The van der Waals surface area contributed by atoms with E-state index in [-0.39, 0.29) is 12.5 Å². The lowest BCUT2D eigenvalue weighted by molar-refractivity contribution is -0.123. The van der Waals surface area contributed by atoms with Crippen LogP contribution in [-0.4, -0.2) is 34.9 Å². The Hall–Kier alpha value is -3.47. The molecule has 0 rings (SSSR count). The molecule has 2 atom stereocenters. The smallest absolute Gasteiger partial charge is 0.220 e. The maximum Gasteiger partial charge on any atom is 0.220 e. The number of carbonyl (C=O) groups excluding carboxylic acids is 1. The molecule has 0 bridgehead atoms. The van der Waals surface area contributed by atoms with E-state index in [1.54, 1.807) is 6.08 Å². The summed E-state index contributed by atoms with van der Waals surface area (Å²) in [5.74, 6) is -0.0832. The molecule has 0 fully saturated rings. The average Bonchev–Trinajstić information content (AvgIpc) is 3.41. The van der Waals surface area contributed by atoms with Crippen molar-refractivity contribution in [3.05, 3.63) is 134 Å². The van der Waals surface area contributed by atoms with Gasteiger partial charge in [-0.15, -0.1) is 0 Å². The van der Waals surface area contributed by atoms with Crippen LogP contribution in [-0.2, 0) is 4.79 Å². The molecule has 0 saturated carbocycles. The number of rotatable bonds is 57. The van der Waals surface area contributed by atoms with E-state index >= 15 is 0 Å². The van der Waals surface area contributed by atoms with E-state index in [1.165, 1.54) is 173 Å². The summed E-state index contributed by atoms with van der Waals surface area (Å²) in [5.41, 5.74) is 0. The highest BCUT2D eigenvalue weighted by Gasteiger charge is 2.18. The van der Waals surface area contributed by atoms with Crippen LogP contribution in [0.2, 0.25) is 0 Å². The van der Waals surface area contributed by atoms with E-state index in [2.05, 4.69) is 141 Å². The first-order valence-electron chi connectivity index (χ1n) is 31.9. The Balaban J connectivity index is 3.61. The number of hydrogen-bond donors (Lipinski definition) is 3. The van der Waals surface area contributed by atoms with Crippen molar-refractivity contribution < 1.29 is 15.0 Å². The van der Waals surface area contributed by atoms with Crippen LogP contribution in [0.25, 0.3) is 0 Å². The molecule has 0 saturated heterocycles. The van der Waals surface area contributed by atoms with E-state index in [1.807, 2.05) is 6.08 Å². The second-order valence-corrected chi connectivity index (χ2v) is 21.1. The zero-order chi connectivity index (χ0) is 54.1. The predicted octanol–water partition coefficient (Wildman–Crippen LogP) is 21.8. The van der Waals surface area contributed by atoms with Crippen molar-refractivity contribution in [2.24, 2.45) is 0 Å². The van der Waals surface area contributed by atoms with Gasteiger partial charge in [0.25, 0.3) is 0 Å². The van der Waals surface area contributed by atoms with Crippen molar-refractivity contribution in [3.8, 4) is 0 Å². The van der Waals surface area contributed by atoms with E-state index in [0.717, 1.165) is 96.3 Å². The highest BCUT2D eigenvalue weighted by atomic mass is 16.3. The first-order chi connectivity index (χ1) is 37.2. The van der Waals surface area contributed by atoms with Crippen molar-refractivity contribution in [2.45, 2.75) is 302 Å². The average molecular weight is 1040 g/mol. The number of hydrogen-bond acceptors (Lipinski definition) is 3. The topological polar surface area (TPSA) is 69.6 Å². The maximum atomic E-state index is 12.5. The van der Waals surface area contributed by atoms with Gasteiger partial charge in [-0.1, -0.05) is 314 Å². The lowest BCUT2D eigenvalue weighted by atomic mass is 10.0. The highest BCUT2D eigenvalue weighted by molar-refractivity contribution is 5.76. The molecular formula is C71H121NO3.